The van der Waals surface area contributed by atoms with Crippen molar-refractivity contribution in [3.05, 3.63) is 51.7 Å². The van der Waals surface area contributed by atoms with Crippen LogP contribution in [0.3, 0.4) is 0 Å². The SMILES string of the molecule is Cc1ccc(C)c(NS(=O)(=O)c2cc(Br)c(F)cc2N)c1. The third-order valence-electron chi connectivity index (χ3n) is 2.98. The zero-order valence-electron chi connectivity index (χ0n) is 11.4. The summed E-state index contributed by atoms with van der Waals surface area (Å²) in [5, 5.41) is 0. The lowest BCUT2D eigenvalue weighted by Gasteiger charge is -2.13. The second-order valence-electron chi connectivity index (χ2n) is 4.73. The van der Waals surface area contributed by atoms with Gasteiger partial charge in [0.05, 0.1) is 15.8 Å². The molecule has 0 atom stereocenters. The first-order chi connectivity index (χ1) is 9.70. The number of anilines is 2. The van der Waals surface area contributed by atoms with E-state index in [9.17, 15) is 12.8 Å². The van der Waals surface area contributed by atoms with Crippen LogP contribution < -0.4 is 10.5 Å². The number of sulfonamides is 1. The van der Waals surface area contributed by atoms with E-state index in [0.717, 1.165) is 23.3 Å². The van der Waals surface area contributed by atoms with Crippen LogP contribution in [-0.2, 0) is 10.0 Å². The average Bonchev–Trinajstić information content (AvgIpc) is 2.37. The molecule has 0 heterocycles. The van der Waals surface area contributed by atoms with Gasteiger partial charge >= 0.3 is 0 Å². The molecule has 7 heteroatoms. The number of nitrogen functional groups attached to an aromatic ring is 1. The summed E-state index contributed by atoms with van der Waals surface area (Å²) >= 11 is 2.96. The number of aryl methyl sites for hydroxylation is 2. The Morgan fingerprint density at radius 1 is 1.19 bits per heavy atom. The molecule has 2 rings (SSSR count). The molecule has 3 N–H and O–H groups in total. The molecule has 0 aliphatic rings. The number of hydrogen-bond donors (Lipinski definition) is 2. The fraction of sp³-hybridized carbons (Fsp3) is 0.143. The van der Waals surface area contributed by atoms with Gasteiger partial charge in [-0.25, -0.2) is 12.8 Å². The zero-order chi connectivity index (χ0) is 15.8. The Labute approximate surface area is 131 Å². The summed E-state index contributed by atoms with van der Waals surface area (Å²) in [5.41, 5.74) is 7.64. The van der Waals surface area contributed by atoms with Crippen LogP contribution in [0.15, 0.2) is 39.7 Å². The topological polar surface area (TPSA) is 72.2 Å². The van der Waals surface area contributed by atoms with E-state index in [0.29, 0.717) is 5.69 Å². The molecule has 0 aliphatic carbocycles. The Balaban J connectivity index is 2.48. The summed E-state index contributed by atoms with van der Waals surface area (Å²) < 4.78 is 40.7. The summed E-state index contributed by atoms with van der Waals surface area (Å²) in [6, 6.07) is 7.55. The van der Waals surface area contributed by atoms with Crippen molar-refractivity contribution < 1.29 is 12.8 Å². The molecule has 2 aromatic rings. The Kier molecular flexibility index (Phi) is 4.25. The van der Waals surface area contributed by atoms with E-state index in [1.807, 2.05) is 19.1 Å². The Morgan fingerprint density at radius 3 is 2.52 bits per heavy atom. The Bertz CT molecular complexity index is 807. The second-order valence-corrected chi connectivity index (χ2v) is 7.23. The highest BCUT2D eigenvalue weighted by Gasteiger charge is 2.20. The molecule has 0 bridgehead atoms. The highest BCUT2D eigenvalue weighted by Crippen LogP contribution is 2.28. The van der Waals surface area contributed by atoms with Crippen molar-refractivity contribution in [3.8, 4) is 0 Å². The number of hydrogen-bond acceptors (Lipinski definition) is 3. The van der Waals surface area contributed by atoms with Crippen molar-refractivity contribution in [2.24, 2.45) is 0 Å². The summed E-state index contributed by atoms with van der Waals surface area (Å²) in [6.45, 7) is 3.65. The van der Waals surface area contributed by atoms with Crippen molar-refractivity contribution in [3.63, 3.8) is 0 Å². The van der Waals surface area contributed by atoms with Gasteiger partial charge < -0.3 is 5.73 Å². The van der Waals surface area contributed by atoms with Gasteiger partial charge in [0.1, 0.15) is 10.7 Å². The minimum absolute atomic E-state index is 0.0399. The second kappa shape index (κ2) is 5.65. The van der Waals surface area contributed by atoms with Crippen molar-refractivity contribution >= 4 is 37.3 Å². The van der Waals surface area contributed by atoms with Gasteiger partial charge in [0.2, 0.25) is 0 Å². The number of rotatable bonds is 3. The maximum absolute atomic E-state index is 13.3. The highest BCUT2D eigenvalue weighted by atomic mass is 79.9. The standard InChI is InChI=1S/C14H14BrFN2O2S/c1-8-3-4-9(2)13(5-8)18-21(19,20)14-6-10(15)11(16)7-12(14)17/h3-7,18H,17H2,1-2H3. The minimum atomic E-state index is -3.89. The molecule has 4 nitrogen and oxygen atoms in total. The smallest absolute Gasteiger partial charge is 0.263 e. The highest BCUT2D eigenvalue weighted by molar-refractivity contribution is 9.10. The van der Waals surface area contributed by atoms with Crippen molar-refractivity contribution in [1.29, 1.82) is 0 Å². The van der Waals surface area contributed by atoms with E-state index in [-0.39, 0.29) is 15.1 Å². The Morgan fingerprint density at radius 2 is 1.86 bits per heavy atom. The van der Waals surface area contributed by atoms with E-state index in [2.05, 4.69) is 20.7 Å². The molecule has 0 unspecified atom stereocenters. The third kappa shape index (κ3) is 3.36. The predicted molar refractivity (Wildman–Crippen MR) is 85.2 cm³/mol. The van der Waals surface area contributed by atoms with E-state index in [4.69, 9.17) is 5.73 Å². The lowest BCUT2D eigenvalue weighted by Crippen LogP contribution is -2.16. The Hall–Kier alpha value is -1.60. The van der Waals surface area contributed by atoms with Gasteiger partial charge in [-0.3, -0.25) is 4.72 Å². The first kappa shape index (κ1) is 15.8. The zero-order valence-corrected chi connectivity index (χ0v) is 13.8. The molecule has 0 radical (unpaired) electrons. The summed E-state index contributed by atoms with van der Waals surface area (Å²) in [4.78, 5) is -0.170. The maximum atomic E-state index is 13.3. The molecular formula is C14H14BrFN2O2S. The van der Waals surface area contributed by atoms with Gasteiger partial charge in [-0.05, 0) is 59.1 Å². The predicted octanol–water partition coefficient (Wildman–Crippen LogP) is 3.59. The van der Waals surface area contributed by atoms with Crippen LogP contribution in [0.2, 0.25) is 0 Å². The molecule has 112 valence electrons. The fourth-order valence-electron chi connectivity index (χ4n) is 1.82. The molecule has 2 aromatic carbocycles. The lowest BCUT2D eigenvalue weighted by molar-refractivity contribution is 0.599. The van der Waals surface area contributed by atoms with Gasteiger partial charge in [-0.2, -0.15) is 0 Å². The van der Waals surface area contributed by atoms with Crippen LogP contribution in [0.5, 0.6) is 0 Å². The largest absolute Gasteiger partial charge is 0.398 e. The van der Waals surface area contributed by atoms with E-state index in [1.54, 1.807) is 13.0 Å². The van der Waals surface area contributed by atoms with Gasteiger partial charge in [-0.15, -0.1) is 0 Å². The van der Waals surface area contributed by atoms with Gasteiger partial charge in [-0.1, -0.05) is 12.1 Å². The van der Waals surface area contributed by atoms with Crippen molar-refractivity contribution in [2.75, 3.05) is 10.5 Å². The average molecular weight is 373 g/mol. The number of benzene rings is 2. The van der Waals surface area contributed by atoms with Crippen LogP contribution in [0, 0.1) is 19.7 Å². The minimum Gasteiger partial charge on any atom is -0.398 e. The first-order valence-corrected chi connectivity index (χ1v) is 8.33. The van der Waals surface area contributed by atoms with Crippen LogP contribution in [-0.4, -0.2) is 8.42 Å². The molecule has 21 heavy (non-hydrogen) atoms. The summed E-state index contributed by atoms with van der Waals surface area (Å²) in [6.07, 6.45) is 0. The third-order valence-corrected chi connectivity index (χ3v) is 5.01. The van der Waals surface area contributed by atoms with Crippen LogP contribution in [0.1, 0.15) is 11.1 Å². The lowest BCUT2D eigenvalue weighted by atomic mass is 10.1. The molecular weight excluding hydrogens is 359 g/mol. The van der Waals surface area contributed by atoms with Gasteiger partial charge in [0.15, 0.2) is 0 Å². The normalized spacial score (nSPS) is 11.4. The van der Waals surface area contributed by atoms with Crippen LogP contribution in [0.25, 0.3) is 0 Å². The molecule has 0 saturated heterocycles. The molecule has 0 saturated carbocycles. The first-order valence-electron chi connectivity index (χ1n) is 6.05. The molecule has 0 aromatic heterocycles. The van der Waals surface area contributed by atoms with Gasteiger partial charge in [0.25, 0.3) is 10.0 Å². The van der Waals surface area contributed by atoms with E-state index < -0.39 is 15.8 Å². The molecule has 0 spiro atoms. The monoisotopic (exact) mass is 372 g/mol. The van der Waals surface area contributed by atoms with Crippen LogP contribution >= 0.6 is 15.9 Å². The summed E-state index contributed by atoms with van der Waals surface area (Å²) in [5.74, 6) is -0.613. The molecule has 0 aliphatic heterocycles. The van der Waals surface area contributed by atoms with E-state index >= 15 is 0 Å². The van der Waals surface area contributed by atoms with Gasteiger partial charge in [0, 0.05) is 0 Å². The van der Waals surface area contributed by atoms with Crippen LogP contribution in [0.4, 0.5) is 15.8 Å². The quantitative estimate of drug-likeness (QED) is 0.808. The number of halogens is 2. The molecule has 0 fully saturated rings. The van der Waals surface area contributed by atoms with E-state index in [1.165, 1.54) is 0 Å². The number of nitrogens with one attached hydrogen (secondary N) is 1. The van der Waals surface area contributed by atoms with Crippen molar-refractivity contribution in [1.82, 2.24) is 0 Å². The number of nitrogens with two attached hydrogens (primary N) is 1. The van der Waals surface area contributed by atoms with Crippen molar-refractivity contribution in [2.45, 2.75) is 18.7 Å². The summed E-state index contributed by atoms with van der Waals surface area (Å²) in [7, 11) is -3.89. The maximum Gasteiger partial charge on any atom is 0.263 e. The fourth-order valence-corrected chi connectivity index (χ4v) is 3.58. The molecule has 0 amide bonds.